The van der Waals surface area contributed by atoms with E-state index in [1.165, 1.54) is 34.8 Å². The van der Waals surface area contributed by atoms with Gasteiger partial charge in [0.2, 0.25) is 0 Å². The minimum atomic E-state index is -0.909. The Balaban J connectivity index is 0.000000204. The Bertz CT molecular complexity index is 2390. The quantitative estimate of drug-likeness (QED) is 0.0366. The molecule has 2 amide bonds. The number of rotatable bonds is 18. The van der Waals surface area contributed by atoms with Crippen LogP contribution in [0.2, 0.25) is 10.0 Å². The van der Waals surface area contributed by atoms with Gasteiger partial charge in [0.1, 0.15) is 12.5 Å². The highest BCUT2D eigenvalue weighted by Gasteiger charge is 2.26. The predicted octanol–water partition coefficient (Wildman–Crippen LogP) is 6.47. The monoisotopic (exact) mass is 994 g/mol. The van der Waals surface area contributed by atoms with Crippen molar-refractivity contribution in [1.82, 2.24) is 39.5 Å². The van der Waals surface area contributed by atoms with E-state index >= 15 is 0 Å². The summed E-state index contributed by atoms with van der Waals surface area (Å²) in [5.74, 6) is -0.762. The van der Waals surface area contributed by atoms with Crippen molar-refractivity contribution in [3.05, 3.63) is 103 Å². The summed E-state index contributed by atoms with van der Waals surface area (Å²) in [6, 6.07) is 9.87. The lowest BCUT2D eigenvalue weighted by atomic mass is 9.98. The Hall–Kier alpha value is -4.26. The molecule has 6 N–H and O–H groups in total. The molecule has 4 unspecified atom stereocenters. The number of amides is 2. The first kappa shape index (κ1) is 52.6. The minimum Gasteiger partial charge on any atom is -0.377 e. The normalized spacial score (nSPS) is 20.1. The van der Waals surface area contributed by atoms with Gasteiger partial charge in [0.05, 0.1) is 44.8 Å². The molecule has 4 aliphatic rings. The number of benzene rings is 2. The number of hydrogen-bond acceptors (Lipinski definition) is 10. The smallest absolute Gasteiger partial charge is 0.332 e. The van der Waals surface area contributed by atoms with Crippen LogP contribution in [-0.4, -0.2) is 104 Å². The Kier molecular flexibility index (Phi) is 20.0. The molecule has 378 valence electrons. The number of imidazole rings is 2. The van der Waals surface area contributed by atoms with E-state index in [-0.39, 0.29) is 56.6 Å². The van der Waals surface area contributed by atoms with Gasteiger partial charge in [-0.2, -0.15) is 0 Å². The number of aliphatic hydroxyl groups excluding tert-OH is 2. The first-order valence-corrected chi connectivity index (χ1v) is 26.0. The second-order valence-electron chi connectivity index (χ2n) is 19.1. The van der Waals surface area contributed by atoms with Crippen molar-refractivity contribution < 1.29 is 29.3 Å². The van der Waals surface area contributed by atoms with Crippen molar-refractivity contribution in [1.29, 1.82) is 0 Å². The number of nitrogens with one attached hydrogen (secondary N) is 4. The molecule has 2 aliphatic carbocycles. The highest BCUT2D eigenvalue weighted by Crippen LogP contribution is 2.28. The average molecular weight is 996 g/mol. The number of aliphatic hydroxyl groups is 2. The molecule has 4 aromatic rings. The molecule has 0 radical (unpaired) electrons. The number of aromatic nitrogens is 4. The third-order valence-corrected chi connectivity index (χ3v) is 14.7. The second kappa shape index (κ2) is 26.3. The van der Waals surface area contributed by atoms with E-state index in [4.69, 9.17) is 32.7 Å². The van der Waals surface area contributed by atoms with Gasteiger partial charge in [-0.15, -0.1) is 0 Å². The van der Waals surface area contributed by atoms with E-state index in [1.54, 1.807) is 64.1 Å². The zero-order valence-corrected chi connectivity index (χ0v) is 41.5. The van der Waals surface area contributed by atoms with E-state index in [2.05, 4.69) is 21.3 Å². The van der Waals surface area contributed by atoms with Crippen molar-refractivity contribution in [2.24, 2.45) is 11.8 Å². The number of carbonyl (C=O) groups is 2. The molecular weight excluding hydrogens is 924 g/mol. The zero-order valence-electron chi connectivity index (χ0n) is 40.0. The van der Waals surface area contributed by atoms with E-state index in [0.29, 0.717) is 37.7 Å². The van der Waals surface area contributed by atoms with Crippen LogP contribution in [0.4, 0.5) is 0 Å². The predicted molar refractivity (Wildman–Crippen MR) is 268 cm³/mol. The fourth-order valence-electron chi connectivity index (χ4n) is 9.92. The van der Waals surface area contributed by atoms with Crippen molar-refractivity contribution >= 4 is 35.0 Å². The molecule has 2 aliphatic heterocycles. The second-order valence-corrected chi connectivity index (χ2v) is 19.9. The van der Waals surface area contributed by atoms with Crippen LogP contribution in [0.25, 0.3) is 11.4 Å². The summed E-state index contributed by atoms with van der Waals surface area (Å²) in [6.45, 7) is 8.00. The minimum absolute atomic E-state index is 0.0524. The molecule has 69 heavy (non-hydrogen) atoms. The molecule has 16 nitrogen and oxygen atoms in total. The van der Waals surface area contributed by atoms with Gasteiger partial charge in [-0.05, 0) is 108 Å². The van der Waals surface area contributed by atoms with Crippen LogP contribution in [0.15, 0.2) is 64.6 Å². The lowest BCUT2D eigenvalue weighted by Gasteiger charge is -2.22. The molecule has 2 saturated heterocycles. The maximum Gasteiger partial charge on any atom is 0.332 e. The topological polar surface area (TPSA) is 195 Å². The number of ether oxygens (including phenoxy) is 2. The van der Waals surface area contributed by atoms with E-state index in [9.17, 15) is 29.4 Å². The third-order valence-electron chi connectivity index (χ3n) is 14.0. The van der Waals surface area contributed by atoms with Crippen molar-refractivity contribution in [3.8, 4) is 11.4 Å². The lowest BCUT2D eigenvalue weighted by molar-refractivity contribution is 0.0522. The standard InChI is InChI=1S/C26H37ClN4O4.C25H35ClN4O4/c1-18-17-31(26(34)30(18)13-6-14-35-21-11-12-28-16-21)20-9-10-23(27)22(15-20)25(33)29-24(32)19-7-4-2-3-5-8-19;26-22-9-8-19(16-21(22)24(32)28-23(31)18-6-3-1-2-4-7-18)30-14-13-29(25(30)33)12-5-15-34-20-10-11-27-17-20/h9-10,15,17,19,21,24,28,32H,2-8,11-14,16H2,1H3,(H,29,33);8-9,13-14,16,18,20,23,27,31H,1-7,10-12,15,17H2,(H,28,32). The van der Waals surface area contributed by atoms with Gasteiger partial charge in [0.15, 0.2) is 0 Å². The third kappa shape index (κ3) is 14.7. The van der Waals surface area contributed by atoms with Crippen LogP contribution >= 0.6 is 23.2 Å². The van der Waals surface area contributed by atoms with Crippen LogP contribution in [0.1, 0.15) is 129 Å². The molecule has 2 saturated carbocycles. The van der Waals surface area contributed by atoms with E-state index < -0.39 is 24.3 Å². The number of carbonyl (C=O) groups excluding carboxylic acids is 2. The Labute approximate surface area is 415 Å². The summed E-state index contributed by atoms with van der Waals surface area (Å²) < 4.78 is 18.1. The molecule has 2 aromatic carbocycles. The Morgan fingerprint density at radius 2 is 1.14 bits per heavy atom. The lowest BCUT2D eigenvalue weighted by Crippen LogP contribution is -2.40. The number of nitrogens with zero attached hydrogens (tertiary/aromatic N) is 4. The van der Waals surface area contributed by atoms with Crippen LogP contribution in [0, 0.1) is 18.8 Å². The first-order chi connectivity index (χ1) is 33.5. The first-order valence-electron chi connectivity index (χ1n) is 25.3. The Morgan fingerprint density at radius 1 is 0.667 bits per heavy atom. The van der Waals surface area contributed by atoms with Crippen LogP contribution in [-0.2, 0) is 22.6 Å². The molecular formula is C51H72Cl2N8O8. The van der Waals surface area contributed by atoms with Crippen molar-refractivity contribution in [3.63, 3.8) is 0 Å². The average Bonchev–Trinajstić information content (AvgIpc) is 4.09. The molecule has 0 bridgehead atoms. The van der Waals surface area contributed by atoms with E-state index in [1.807, 2.05) is 6.92 Å². The molecule has 18 heteroatoms. The van der Waals surface area contributed by atoms with Gasteiger partial charge in [-0.25, -0.2) is 9.59 Å². The summed E-state index contributed by atoms with van der Waals surface area (Å²) in [5.41, 5.74) is 2.08. The summed E-state index contributed by atoms with van der Waals surface area (Å²) in [7, 11) is 0. The van der Waals surface area contributed by atoms with Crippen molar-refractivity contribution in [2.75, 3.05) is 39.4 Å². The van der Waals surface area contributed by atoms with Gasteiger partial charge >= 0.3 is 11.4 Å². The van der Waals surface area contributed by atoms with Gasteiger partial charge in [0, 0.05) is 75.5 Å². The molecule has 0 spiro atoms. The molecule has 2 aromatic heterocycles. The SMILES string of the molecule is Cc1cn(-c2ccc(Cl)c(C(=O)NC(O)C3CCCCCC3)c2)c(=O)n1CCCOC1CCNC1.O=C(NC(O)C1CCCCCC1)c1cc(-n2ccn(CCCOC3CCNC3)c2=O)ccc1Cl. The van der Waals surface area contributed by atoms with E-state index in [0.717, 1.165) is 109 Å². The number of aryl methyl sites for hydroxylation is 2. The van der Waals surface area contributed by atoms with Gasteiger partial charge in [-0.3, -0.25) is 27.9 Å². The highest BCUT2D eigenvalue weighted by atomic mass is 35.5. The summed E-state index contributed by atoms with van der Waals surface area (Å²) in [4.78, 5) is 51.9. The molecule has 4 heterocycles. The summed E-state index contributed by atoms with van der Waals surface area (Å²) in [6.07, 6.45) is 20.0. The van der Waals surface area contributed by atoms with Gasteiger partial charge < -0.3 is 41.0 Å². The molecule has 4 fully saturated rings. The molecule has 4 atom stereocenters. The number of halogens is 2. The van der Waals surface area contributed by atoms with Gasteiger partial charge in [0.25, 0.3) is 11.8 Å². The highest BCUT2D eigenvalue weighted by molar-refractivity contribution is 6.34. The summed E-state index contributed by atoms with van der Waals surface area (Å²) >= 11 is 12.6. The largest absolute Gasteiger partial charge is 0.377 e. The van der Waals surface area contributed by atoms with Crippen LogP contribution < -0.4 is 32.6 Å². The van der Waals surface area contributed by atoms with Gasteiger partial charge in [-0.1, -0.05) is 74.6 Å². The molecule has 8 rings (SSSR count). The summed E-state index contributed by atoms with van der Waals surface area (Å²) in [5, 5.41) is 33.7. The maximum absolute atomic E-state index is 13.1. The number of hydrogen-bond donors (Lipinski definition) is 6. The zero-order chi connectivity index (χ0) is 48.7. The Morgan fingerprint density at radius 3 is 1.62 bits per heavy atom. The fourth-order valence-corrected chi connectivity index (χ4v) is 10.3. The van der Waals surface area contributed by atoms with Crippen molar-refractivity contribution in [2.45, 2.75) is 147 Å². The maximum atomic E-state index is 13.1. The fraction of sp³-hybridized carbons (Fsp3) is 0.608. The van der Waals surface area contributed by atoms with Crippen LogP contribution in [0.5, 0.6) is 0 Å². The van der Waals surface area contributed by atoms with Crippen LogP contribution in [0.3, 0.4) is 0 Å².